The molecule has 2 saturated heterocycles. The van der Waals surface area contributed by atoms with Gasteiger partial charge in [0, 0.05) is 38.8 Å². The van der Waals surface area contributed by atoms with Crippen molar-refractivity contribution in [2.75, 3.05) is 18.4 Å². The van der Waals surface area contributed by atoms with Crippen molar-refractivity contribution in [3.05, 3.63) is 36.0 Å². The van der Waals surface area contributed by atoms with Crippen LogP contribution in [0.15, 0.2) is 40.9 Å². The van der Waals surface area contributed by atoms with Gasteiger partial charge in [-0.2, -0.15) is 4.31 Å². The highest BCUT2D eigenvalue weighted by molar-refractivity contribution is 7.89. The normalized spacial score (nSPS) is 25.2. The molecule has 0 spiro atoms. The third-order valence-corrected chi connectivity index (χ3v) is 6.67. The fraction of sp³-hybridized carbons (Fsp3) is 0.500. The number of carbonyl (C=O) groups is 2. The molecule has 0 aliphatic carbocycles. The van der Waals surface area contributed by atoms with E-state index in [0.717, 1.165) is 6.42 Å². The van der Waals surface area contributed by atoms with Crippen molar-refractivity contribution in [2.45, 2.75) is 44.8 Å². The average molecular weight is 423 g/mol. The van der Waals surface area contributed by atoms with Crippen molar-refractivity contribution in [2.24, 2.45) is 11.8 Å². The molecule has 2 unspecified atom stereocenters. The van der Waals surface area contributed by atoms with Crippen LogP contribution in [0.2, 0.25) is 0 Å². The molecule has 2 heterocycles. The van der Waals surface area contributed by atoms with E-state index in [1.54, 1.807) is 12.1 Å². The van der Waals surface area contributed by atoms with Gasteiger partial charge in [-0.25, -0.2) is 18.0 Å². The Bertz CT molecular complexity index is 904. The Labute approximate surface area is 170 Å². The van der Waals surface area contributed by atoms with E-state index in [2.05, 4.69) is 19.2 Å². The zero-order chi connectivity index (χ0) is 21.4. The monoisotopic (exact) mass is 422 g/mol. The molecule has 2 atom stereocenters. The van der Waals surface area contributed by atoms with Gasteiger partial charge in [-0.1, -0.05) is 13.8 Å². The summed E-state index contributed by atoms with van der Waals surface area (Å²) >= 11 is 0. The molecule has 0 aromatic heterocycles. The zero-order valence-corrected chi connectivity index (χ0v) is 17.8. The Balaban J connectivity index is 1.72. The Kier molecular flexibility index (Phi) is 5.73. The van der Waals surface area contributed by atoms with Crippen LogP contribution in [-0.4, -0.2) is 43.5 Å². The molecular formula is C20H26N2O6S. The summed E-state index contributed by atoms with van der Waals surface area (Å²) in [6.07, 6.45) is 2.21. The Morgan fingerprint density at radius 1 is 1.03 bits per heavy atom. The highest BCUT2D eigenvalue weighted by atomic mass is 32.2. The fourth-order valence-corrected chi connectivity index (χ4v) is 5.29. The number of cyclic esters (lactones) is 2. The molecule has 0 amide bonds. The predicted molar refractivity (Wildman–Crippen MR) is 106 cm³/mol. The molecule has 1 N–H and O–H groups in total. The summed E-state index contributed by atoms with van der Waals surface area (Å²) in [5.74, 6) is -2.23. The van der Waals surface area contributed by atoms with Crippen LogP contribution in [0.25, 0.3) is 0 Å². The van der Waals surface area contributed by atoms with Crippen molar-refractivity contribution in [3.63, 3.8) is 0 Å². The smallest absolute Gasteiger partial charge is 0.350 e. The third kappa shape index (κ3) is 4.79. The Morgan fingerprint density at radius 3 is 2.07 bits per heavy atom. The molecule has 3 rings (SSSR count). The SMILES string of the molecule is CC1CC(C)CN(S(=O)(=O)c2ccc(NC=C3C(=O)OC(C)(C)OC3=O)cc2)C1. The van der Waals surface area contributed by atoms with E-state index in [1.165, 1.54) is 36.5 Å². The largest absolute Gasteiger partial charge is 0.419 e. The lowest BCUT2D eigenvalue weighted by molar-refractivity contribution is -0.222. The maximum absolute atomic E-state index is 12.9. The highest BCUT2D eigenvalue weighted by Gasteiger charge is 2.39. The lowest BCUT2D eigenvalue weighted by atomic mass is 9.94. The summed E-state index contributed by atoms with van der Waals surface area (Å²) in [7, 11) is -3.57. The second-order valence-corrected chi connectivity index (χ2v) is 10.1. The van der Waals surface area contributed by atoms with E-state index < -0.39 is 27.7 Å². The maximum atomic E-state index is 12.9. The van der Waals surface area contributed by atoms with Crippen molar-refractivity contribution < 1.29 is 27.5 Å². The van der Waals surface area contributed by atoms with Gasteiger partial charge in [-0.05, 0) is 42.5 Å². The molecule has 9 heteroatoms. The van der Waals surface area contributed by atoms with Crippen LogP contribution in [0.1, 0.15) is 34.1 Å². The molecular weight excluding hydrogens is 396 g/mol. The van der Waals surface area contributed by atoms with Gasteiger partial charge in [0.15, 0.2) is 5.57 Å². The van der Waals surface area contributed by atoms with Crippen LogP contribution in [0.4, 0.5) is 5.69 Å². The van der Waals surface area contributed by atoms with E-state index in [9.17, 15) is 18.0 Å². The summed E-state index contributed by atoms with van der Waals surface area (Å²) in [6.45, 7) is 8.08. The highest BCUT2D eigenvalue weighted by Crippen LogP contribution is 2.27. The molecule has 158 valence electrons. The number of piperidine rings is 1. The lowest BCUT2D eigenvalue weighted by Gasteiger charge is -2.34. The van der Waals surface area contributed by atoms with Crippen LogP contribution < -0.4 is 5.32 Å². The van der Waals surface area contributed by atoms with Gasteiger partial charge in [0.05, 0.1) is 4.90 Å². The first kappa shape index (κ1) is 21.3. The Hall–Kier alpha value is -2.39. The van der Waals surface area contributed by atoms with E-state index >= 15 is 0 Å². The molecule has 29 heavy (non-hydrogen) atoms. The number of rotatable bonds is 4. The minimum absolute atomic E-state index is 0.204. The molecule has 0 bridgehead atoms. The number of sulfonamides is 1. The molecule has 2 aliphatic rings. The fourth-order valence-electron chi connectivity index (χ4n) is 3.61. The van der Waals surface area contributed by atoms with Gasteiger partial charge in [0.25, 0.3) is 5.79 Å². The van der Waals surface area contributed by atoms with Crippen LogP contribution in [0.5, 0.6) is 0 Å². The lowest BCUT2D eigenvalue weighted by Crippen LogP contribution is -2.42. The van der Waals surface area contributed by atoms with Gasteiger partial charge >= 0.3 is 11.9 Å². The van der Waals surface area contributed by atoms with E-state index in [-0.39, 0.29) is 10.5 Å². The number of hydrogen-bond acceptors (Lipinski definition) is 7. The standard InChI is InChI=1S/C20H26N2O6S/c1-13-9-14(2)12-22(11-13)29(25,26)16-7-5-15(6-8-16)21-10-17-18(23)27-20(3,4)28-19(17)24/h5-8,10,13-14,21H,9,11-12H2,1-4H3. The van der Waals surface area contributed by atoms with Crippen molar-refractivity contribution >= 4 is 27.6 Å². The molecule has 2 fully saturated rings. The number of esters is 2. The summed E-state index contributed by atoms with van der Waals surface area (Å²) in [5.41, 5.74) is 0.250. The number of nitrogens with zero attached hydrogens (tertiary/aromatic N) is 1. The van der Waals surface area contributed by atoms with Crippen LogP contribution in [0, 0.1) is 11.8 Å². The number of benzene rings is 1. The molecule has 1 aromatic carbocycles. The number of nitrogens with one attached hydrogen (secondary N) is 1. The topological polar surface area (TPSA) is 102 Å². The minimum atomic E-state index is -3.57. The Morgan fingerprint density at radius 2 is 1.55 bits per heavy atom. The summed E-state index contributed by atoms with van der Waals surface area (Å²) in [4.78, 5) is 24.1. The number of hydrogen-bond donors (Lipinski definition) is 1. The first-order valence-electron chi connectivity index (χ1n) is 9.51. The van der Waals surface area contributed by atoms with E-state index in [0.29, 0.717) is 30.6 Å². The van der Waals surface area contributed by atoms with Gasteiger partial charge in [-0.15, -0.1) is 0 Å². The second kappa shape index (κ2) is 7.79. The average Bonchev–Trinajstić information content (AvgIpc) is 2.59. The first-order valence-corrected chi connectivity index (χ1v) is 11.0. The van der Waals surface area contributed by atoms with Gasteiger partial charge in [-0.3, -0.25) is 0 Å². The first-order chi connectivity index (χ1) is 13.5. The second-order valence-electron chi connectivity index (χ2n) is 8.17. The summed E-state index contributed by atoms with van der Waals surface area (Å²) in [6, 6.07) is 6.15. The van der Waals surface area contributed by atoms with Crippen LogP contribution >= 0.6 is 0 Å². The molecule has 1 aromatic rings. The van der Waals surface area contributed by atoms with E-state index in [1.807, 2.05) is 0 Å². The van der Waals surface area contributed by atoms with Crippen molar-refractivity contribution in [3.8, 4) is 0 Å². The zero-order valence-electron chi connectivity index (χ0n) is 17.0. The van der Waals surface area contributed by atoms with Gasteiger partial charge < -0.3 is 14.8 Å². The summed E-state index contributed by atoms with van der Waals surface area (Å²) < 4.78 is 37.4. The molecule has 8 nitrogen and oxygen atoms in total. The quantitative estimate of drug-likeness (QED) is 0.452. The molecule has 0 radical (unpaired) electrons. The van der Waals surface area contributed by atoms with Crippen LogP contribution in [-0.2, 0) is 29.1 Å². The number of anilines is 1. The molecule has 2 aliphatic heterocycles. The van der Waals surface area contributed by atoms with Gasteiger partial charge in [0.2, 0.25) is 10.0 Å². The minimum Gasteiger partial charge on any atom is -0.419 e. The number of ether oxygens (including phenoxy) is 2. The molecule has 0 saturated carbocycles. The third-order valence-electron chi connectivity index (χ3n) is 4.83. The van der Waals surface area contributed by atoms with Gasteiger partial charge in [0.1, 0.15) is 0 Å². The van der Waals surface area contributed by atoms with Crippen molar-refractivity contribution in [1.29, 1.82) is 0 Å². The maximum Gasteiger partial charge on any atom is 0.350 e. The number of carbonyl (C=O) groups excluding carboxylic acids is 2. The predicted octanol–water partition coefficient (Wildman–Crippen LogP) is 2.49. The van der Waals surface area contributed by atoms with E-state index in [4.69, 9.17) is 9.47 Å². The van der Waals surface area contributed by atoms with Crippen LogP contribution in [0.3, 0.4) is 0 Å². The summed E-state index contributed by atoms with van der Waals surface area (Å²) in [5, 5.41) is 2.80. The van der Waals surface area contributed by atoms with Crippen molar-refractivity contribution in [1.82, 2.24) is 4.31 Å².